The molecule has 2 N–H and O–H groups in total. The fourth-order valence-corrected chi connectivity index (χ4v) is 2.96. The maximum atomic E-state index is 11.6. The number of nitrogens with zero attached hydrogens (tertiary/aromatic N) is 1. The molecule has 0 aliphatic heterocycles. The number of hydrogen-bond donors (Lipinski definition) is 2. The van der Waals surface area contributed by atoms with Crippen molar-refractivity contribution in [2.75, 3.05) is 13.2 Å². The van der Waals surface area contributed by atoms with Gasteiger partial charge in [-0.2, -0.15) is 0 Å². The maximum Gasteiger partial charge on any atom is 0.315 e. The van der Waals surface area contributed by atoms with Gasteiger partial charge >= 0.3 is 6.03 Å². The van der Waals surface area contributed by atoms with Crippen LogP contribution in [0.3, 0.4) is 0 Å². The van der Waals surface area contributed by atoms with Crippen molar-refractivity contribution in [1.29, 1.82) is 0 Å². The number of hydrogen-bond acceptors (Lipinski definition) is 4. The normalized spacial score (nSPS) is 10.4. The molecule has 2 amide bonds. The van der Waals surface area contributed by atoms with Gasteiger partial charge in [-0.3, -0.25) is 0 Å². The summed E-state index contributed by atoms with van der Waals surface area (Å²) in [5.74, 6) is 0.584. The Hall–Kier alpha value is -1.50. The van der Waals surface area contributed by atoms with E-state index in [4.69, 9.17) is 27.9 Å². The highest BCUT2D eigenvalue weighted by Gasteiger charge is 2.04. The molecule has 1 aromatic heterocycles. The molecule has 0 atom stereocenters. The Bertz CT molecular complexity index is 664. The van der Waals surface area contributed by atoms with Crippen LogP contribution >= 0.6 is 34.5 Å². The number of urea groups is 1. The summed E-state index contributed by atoms with van der Waals surface area (Å²) in [6.45, 7) is 3.38. The molecule has 0 bridgehead atoms. The molecule has 2 rings (SSSR count). The molecule has 0 saturated carbocycles. The van der Waals surface area contributed by atoms with Crippen molar-refractivity contribution in [3.05, 3.63) is 44.3 Å². The topological polar surface area (TPSA) is 63.2 Å². The molecule has 23 heavy (non-hydrogen) atoms. The summed E-state index contributed by atoms with van der Waals surface area (Å²) >= 11 is 13.4. The molecular formula is C15H17Cl2N3O2S. The minimum absolute atomic E-state index is 0.208. The van der Waals surface area contributed by atoms with Gasteiger partial charge in [0.05, 0.1) is 23.2 Å². The highest BCUT2D eigenvalue weighted by atomic mass is 35.5. The quantitative estimate of drug-likeness (QED) is 0.720. The zero-order valence-electron chi connectivity index (χ0n) is 12.6. The van der Waals surface area contributed by atoms with Gasteiger partial charge in [-0.25, -0.2) is 9.78 Å². The molecule has 8 heteroatoms. The minimum atomic E-state index is -0.208. The third-order valence-electron chi connectivity index (χ3n) is 2.85. The number of rotatable bonds is 7. The number of benzene rings is 1. The summed E-state index contributed by atoms with van der Waals surface area (Å²) in [5.41, 5.74) is 0. The first-order valence-corrected chi connectivity index (χ1v) is 8.62. The summed E-state index contributed by atoms with van der Waals surface area (Å²) in [6, 6.07) is 4.86. The van der Waals surface area contributed by atoms with E-state index in [0.29, 0.717) is 41.9 Å². The summed E-state index contributed by atoms with van der Waals surface area (Å²) in [6.07, 6.45) is 2.44. The number of halogens is 2. The summed E-state index contributed by atoms with van der Waals surface area (Å²) in [7, 11) is 0. The second kappa shape index (κ2) is 8.96. The van der Waals surface area contributed by atoms with E-state index in [0.717, 1.165) is 9.88 Å². The van der Waals surface area contributed by atoms with Gasteiger partial charge < -0.3 is 15.4 Å². The number of ether oxygens (including phenoxy) is 1. The van der Waals surface area contributed by atoms with Crippen molar-refractivity contribution < 1.29 is 9.53 Å². The smallest absolute Gasteiger partial charge is 0.315 e. The van der Waals surface area contributed by atoms with Crippen LogP contribution in [0.2, 0.25) is 10.0 Å². The van der Waals surface area contributed by atoms with Gasteiger partial charge in [-0.1, -0.05) is 23.2 Å². The Morgan fingerprint density at radius 3 is 2.87 bits per heavy atom. The number of aromatic nitrogens is 1. The Balaban J connectivity index is 1.58. The molecule has 0 saturated heterocycles. The van der Waals surface area contributed by atoms with Gasteiger partial charge in [0.1, 0.15) is 5.75 Å². The molecule has 0 aliphatic rings. The number of aryl methyl sites for hydroxylation is 1. The fraction of sp³-hybridized carbons (Fsp3) is 0.333. The van der Waals surface area contributed by atoms with E-state index in [1.54, 1.807) is 35.7 Å². The van der Waals surface area contributed by atoms with Crippen LogP contribution in [0.4, 0.5) is 4.79 Å². The summed E-state index contributed by atoms with van der Waals surface area (Å²) in [4.78, 5) is 16.8. The molecular weight excluding hydrogens is 357 g/mol. The first kappa shape index (κ1) is 17.8. The van der Waals surface area contributed by atoms with Crippen molar-refractivity contribution in [3.63, 3.8) is 0 Å². The zero-order valence-corrected chi connectivity index (χ0v) is 14.9. The van der Waals surface area contributed by atoms with E-state index in [1.165, 1.54) is 0 Å². The van der Waals surface area contributed by atoms with Crippen molar-refractivity contribution >= 4 is 40.6 Å². The molecule has 5 nitrogen and oxygen atoms in total. The zero-order chi connectivity index (χ0) is 16.7. The van der Waals surface area contributed by atoms with Crippen LogP contribution in [0.15, 0.2) is 24.4 Å². The van der Waals surface area contributed by atoms with E-state index in [1.807, 2.05) is 6.92 Å². The van der Waals surface area contributed by atoms with Crippen LogP contribution in [0.25, 0.3) is 0 Å². The molecule has 0 radical (unpaired) electrons. The van der Waals surface area contributed by atoms with Crippen molar-refractivity contribution in [3.8, 4) is 5.75 Å². The highest BCUT2D eigenvalue weighted by molar-refractivity contribution is 7.11. The van der Waals surface area contributed by atoms with Gasteiger partial charge in [-0.05, 0) is 31.5 Å². The minimum Gasteiger partial charge on any atom is -0.492 e. The van der Waals surface area contributed by atoms with Crippen LogP contribution < -0.4 is 15.4 Å². The summed E-state index contributed by atoms with van der Waals surface area (Å²) < 4.78 is 5.54. The lowest BCUT2D eigenvalue weighted by atomic mass is 10.3. The van der Waals surface area contributed by atoms with E-state index in [9.17, 15) is 4.79 Å². The second-order valence-corrected chi connectivity index (χ2v) is 6.89. The predicted octanol–water partition coefficient (Wildman–Crippen LogP) is 4.03. The van der Waals surface area contributed by atoms with Crippen LogP contribution in [-0.4, -0.2) is 24.2 Å². The Morgan fingerprint density at radius 1 is 1.35 bits per heavy atom. The number of nitrogens with one attached hydrogen (secondary N) is 2. The standard InChI is InChI=1S/C15H17Cl2N3O2S/c1-10-19-8-12(23-10)9-20-15(21)18-5-2-6-22-14-4-3-11(16)7-13(14)17/h3-4,7-8H,2,5-6,9H2,1H3,(H2,18,20,21). The van der Waals surface area contributed by atoms with Crippen molar-refractivity contribution in [2.24, 2.45) is 0 Å². The molecule has 0 fully saturated rings. The first-order valence-electron chi connectivity index (χ1n) is 7.05. The van der Waals surface area contributed by atoms with E-state index >= 15 is 0 Å². The first-order chi connectivity index (χ1) is 11.0. The monoisotopic (exact) mass is 373 g/mol. The molecule has 0 spiro atoms. The SMILES string of the molecule is Cc1ncc(CNC(=O)NCCCOc2ccc(Cl)cc2Cl)s1. The molecule has 124 valence electrons. The molecule has 1 aromatic carbocycles. The van der Waals surface area contributed by atoms with E-state index < -0.39 is 0 Å². The lowest BCUT2D eigenvalue weighted by Gasteiger charge is -2.09. The van der Waals surface area contributed by atoms with Gasteiger partial charge in [0.15, 0.2) is 0 Å². The molecule has 2 aromatic rings. The number of carbonyl (C=O) groups is 1. The highest BCUT2D eigenvalue weighted by Crippen LogP contribution is 2.27. The molecule has 0 unspecified atom stereocenters. The number of thiazole rings is 1. The fourth-order valence-electron chi connectivity index (χ4n) is 1.77. The van der Waals surface area contributed by atoms with Crippen LogP contribution in [0.5, 0.6) is 5.75 Å². The van der Waals surface area contributed by atoms with Crippen molar-refractivity contribution in [2.45, 2.75) is 19.9 Å². The molecule has 0 aliphatic carbocycles. The Morgan fingerprint density at radius 2 is 2.17 bits per heavy atom. The average Bonchev–Trinajstić information content (AvgIpc) is 2.92. The van der Waals surface area contributed by atoms with Gasteiger partial charge in [0, 0.05) is 22.6 Å². The molecule has 1 heterocycles. The van der Waals surface area contributed by atoms with E-state index in [-0.39, 0.29) is 6.03 Å². The Labute approximate surface area is 149 Å². The predicted molar refractivity (Wildman–Crippen MR) is 93.7 cm³/mol. The number of carbonyl (C=O) groups excluding carboxylic acids is 1. The lowest BCUT2D eigenvalue weighted by molar-refractivity contribution is 0.239. The third kappa shape index (κ3) is 6.25. The second-order valence-electron chi connectivity index (χ2n) is 4.73. The Kier molecular flexibility index (Phi) is 6.95. The number of amides is 2. The lowest BCUT2D eigenvalue weighted by Crippen LogP contribution is -2.35. The largest absolute Gasteiger partial charge is 0.492 e. The van der Waals surface area contributed by atoms with Gasteiger partial charge in [-0.15, -0.1) is 11.3 Å². The van der Waals surface area contributed by atoms with Crippen LogP contribution in [0, 0.1) is 6.92 Å². The van der Waals surface area contributed by atoms with Gasteiger partial charge in [0.2, 0.25) is 0 Å². The van der Waals surface area contributed by atoms with Crippen LogP contribution in [-0.2, 0) is 6.54 Å². The summed E-state index contributed by atoms with van der Waals surface area (Å²) in [5, 5.41) is 7.58. The van der Waals surface area contributed by atoms with Crippen molar-refractivity contribution in [1.82, 2.24) is 15.6 Å². The van der Waals surface area contributed by atoms with E-state index in [2.05, 4.69) is 15.6 Å². The van der Waals surface area contributed by atoms with Gasteiger partial charge in [0.25, 0.3) is 0 Å². The third-order valence-corrected chi connectivity index (χ3v) is 4.29. The average molecular weight is 374 g/mol. The maximum absolute atomic E-state index is 11.6. The van der Waals surface area contributed by atoms with Crippen LogP contribution in [0.1, 0.15) is 16.3 Å².